The molecule has 0 spiro atoms. The molecule has 12 atom stereocenters. The zero-order valence-electron chi connectivity index (χ0n) is 51.3. The summed E-state index contributed by atoms with van der Waals surface area (Å²) in [5.41, 5.74) is 0. The Morgan fingerprint density at radius 3 is 1.10 bits per heavy atom. The summed E-state index contributed by atoms with van der Waals surface area (Å²) in [5.74, 6) is -1.19. The number of hydrogen-bond donors (Lipinski definition) is 9. The second-order valence-electron chi connectivity index (χ2n) is 22.5. The van der Waals surface area contributed by atoms with Crippen molar-refractivity contribution < 1.29 is 102 Å². The number of quaternary nitrogens is 1. The lowest BCUT2D eigenvalue weighted by Gasteiger charge is -2.41. The van der Waals surface area contributed by atoms with Gasteiger partial charge in [-0.25, -0.2) is 0 Å². The van der Waals surface area contributed by atoms with Crippen molar-refractivity contribution in [3.8, 4) is 0 Å². The molecular formula is C60H118NO20P. The Kier molecular flexibility index (Phi) is 48.4. The van der Waals surface area contributed by atoms with Gasteiger partial charge in [0.05, 0.1) is 52.7 Å². The Bertz CT molecular complexity index is 1500. The Morgan fingerprint density at radius 1 is 0.451 bits per heavy atom. The van der Waals surface area contributed by atoms with Crippen molar-refractivity contribution in [1.82, 2.24) is 0 Å². The molecule has 2 aliphatic heterocycles. The first kappa shape index (κ1) is 78.5. The van der Waals surface area contributed by atoms with Gasteiger partial charge >= 0.3 is 11.9 Å². The molecule has 2 heterocycles. The van der Waals surface area contributed by atoms with Crippen LogP contribution in [-0.4, -0.2) is 186 Å². The van der Waals surface area contributed by atoms with Gasteiger partial charge < -0.3 is 88.1 Å². The number of hydrogen-bond acceptors (Lipinski definition) is 20. The first-order valence-corrected chi connectivity index (χ1v) is 33.6. The van der Waals surface area contributed by atoms with Crippen LogP contribution >= 0.6 is 7.82 Å². The maximum absolute atomic E-state index is 13.4. The maximum Gasteiger partial charge on any atom is 0.306 e. The van der Waals surface area contributed by atoms with Crippen molar-refractivity contribution in [2.75, 3.05) is 59.3 Å². The Labute approximate surface area is 493 Å². The van der Waals surface area contributed by atoms with Crippen LogP contribution in [0.15, 0.2) is 0 Å². The second-order valence-corrected chi connectivity index (χ2v) is 23.9. The third-order valence-electron chi connectivity index (χ3n) is 15.5. The first-order chi connectivity index (χ1) is 39.5. The molecule has 2 fully saturated rings. The number of rotatable bonds is 51. The molecule has 0 saturated carbocycles. The van der Waals surface area contributed by atoms with Crippen molar-refractivity contribution in [1.29, 1.82) is 0 Å². The number of phosphoric ester groups is 1. The van der Waals surface area contributed by atoms with Crippen molar-refractivity contribution >= 4 is 19.8 Å². The molecule has 21 nitrogen and oxygen atoms in total. The fourth-order valence-corrected chi connectivity index (χ4v) is 10.9. The average Bonchev–Trinajstić information content (AvgIpc) is 3.63. The molecule has 82 heavy (non-hydrogen) atoms. The molecule has 0 amide bonds. The van der Waals surface area contributed by atoms with Crippen LogP contribution in [0.4, 0.5) is 0 Å². The molecule has 9 N–H and O–H groups in total. The third-order valence-corrected chi connectivity index (χ3v) is 16.5. The number of aliphatic hydroxyl groups is 8. The highest BCUT2D eigenvalue weighted by Crippen LogP contribution is 2.41. The lowest BCUT2D eigenvalue weighted by molar-refractivity contribution is -0.894. The van der Waals surface area contributed by atoms with Crippen molar-refractivity contribution in [2.24, 2.45) is 0 Å². The highest BCUT2D eigenvalue weighted by molar-refractivity contribution is 7.45. The van der Waals surface area contributed by atoms with Crippen LogP contribution in [-0.2, 0) is 51.6 Å². The van der Waals surface area contributed by atoms with Gasteiger partial charge in [0.1, 0.15) is 61.5 Å². The third kappa shape index (κ3) is 37.3. The van der Waals surface area contributed by atoms with Gasteiger partial charge in [-0.2, -0.15) is 0 Å². The summed E-state index contributed by atoms with van der Waals surface area (Å²) >= 11 is 0. The zero-order valence-corrected chi connectivity index (χ0v) is 52.2. The van der Waals surface area contributed by atoms with Crippen LogP contribution in [0, 0.1) is 0 Å². The summed E-state index contributed by atoms with van der Waals surface area (Å²) < 4.78 is 56.6. The van der Waals surface area contributed by atoms with E-state index in [0.29, 0.717) is 12.8 Å². The molecule has 0 aliphatic carbocycles. The standard InChI is InChI=1S/C54H103O20P.C6H15N/c1-3-5-7-9-11-13-15-17-19-21-23-25-27-29-31-33-45(57)67-37-41(71-46(58)34-32-30-28-26-24-22-20-18-16-14-12-10-8-6-4-2)40-70-75(65,66)74-42(38-68-53-51(63)49(61)47(59)43(35-55)72-53)39-69-54-52(64)50(62)48(60)44(36-56)73-54;1-4-7(5-2)6-3/h41-44,47-56,59-64H,3-40H2,1-2H3,(H,65,66);4-6H2,1-3H3. The summed E-state index contributed by atoms with van der Waals surface area (Å²) in [6.07, 6.45) is 14.8. The van der Waals surface area contributed by atoms with E-state index in [-0.39, 0.29) is 12.8 Å². The van der Waals surface area contributed by atoms with Crippen LogP contribution in [0.3, 0.4) is 0 Å². The quantitative estimate of drug-likeness (QED) is 0.0181. The SMILES string of the molecule is CCCCCCCCCCCCCCCCCC(=O)OCC(COP(=O)([O-])OC(COC1OC(CO)C(O)C(O)C1O)COC1OC(CO)C(O)C(O)C1O)OC(=O)CCCCCCCCCCCCCCCCC.CC[NH+](CC)CC. The highest BCUT2D eigenvalue weighted by atomic mass is 31.2. The predicted molar refractivity (Wildman–Crippen MR) is 310 cm³/mol. The number of aliphatic hydroxyl groups excluding tert-OH is 8. The fraction of sp³-hybridized carbons (Fsp3) is 0.967. The molecule has 2 rings (SSSR count). The molecule has 0 radical (unpaired) electrons. The largest absolute Gasteiger partial charge is 0.756 e. The van der Waals surface area contributed by atoms with Crippen molar-refractivity contribution in [3.63, 3.8) is 0 Å². The van der Waals surface area contributed by atoms with Gasteiger partial charge in [0.2, 0.25) is 0 Å². The number of carbonyl (C=O) groups excluding carboxylic acids is 2. The van der Waals surface area contributed by atoms with Gasteiger partial charge in [-0.3, -0.25) is 14.2 Å². The molecule has 12 unspecified atom stereocenters. The lowest BCUT2D eigenvalue weighted by atomic mass is 9.99. The van der Waals surface area contributed by atoms with E-state index in [1.807, 2.05) is 0 Å². The average molecular weight is 1200 g/mol. The summed E-state index contributed by atoms with van der Waals surface area (Å²) in [6, 6.07) is 0. The summed E-state index contributed by atoms with van der Waals surface area (Å²) in [7, 11) is -5.45. The zero-order chi connectivity index (χ0) is 60.8. The van der Waals surface area contributed by atoms with E-state index in [0.717, 1.165) is 51.4 Å². The number of phosphoric acid groups is 1. The van der Waals surface area contributed by atoms with E-state index >= 15 is 0 Å². The number of carbonyl (C=O) groups is 2. The molecule has 0 aromatic heterocycles. The van der Waals surface area contributed by atoms with Crippen molar-refractivity contribution in [2.45, 2.75) is 314 Å². The first-order valence-electron chi connectivity index (χ1n) is 32.2. The van der Waals surface area contributed by atoms with E-state index in [1.165, 1.54) is 148 Å². The van der Waals surface area contributed by atoms with Gasteiger partial charge in [0.25, 0.3) is 7.82 Å². The minimum absolute atomic E-state index is 0.0417. The summed E-state index contributed by atoms with van der Waals surface area (Å²) in [6.45, 7) is 10.4. The van der Waals surface area contributed by atoms with E-state index in [9.17, 15) is 59.9 Å². The number of nitrogens with one attached hydrogen (secondary N) is 1. The van der Waals surface area contributed by atoms with E-state index in [1.54, 1.807) is 4.90 Å². The van der Waals surface area contributed by atoms with Gasteiger partial charge in [-0.1, -0.05) is 194 Å². The van der Waals surface area contributed by atoms with Crippen LogP contribution < -0.4 is 9.79 Å². The molecule has 2 saturated heterocycles. The monoisotopic (exact) mass is 1200 g/mol. The van der Waals surface area contributed by atoms with E-state index in [2.05, 4.69) is 34.6 Å². The van der Waals surface area contributed by atoms with Gasteiger partial charge in [0.15, 0.2) is 18.7 Å². The number of unbranched alkanes of at least 4 members (excludes halogenated alkanes) is 28. The van der Waals surface area contributed by atoms with Crippen molar-refractivity contribution in [3.05, 3.63) is 0 Å². The van der Waals surface area contributed by atoms with Crippen LogP contribution in [0.1, 0.15) is 240 Å². The minimum atomic E-state index is -5.45. The molecule has 0 aromatic carbocycles. The molecule has 22 heteroatoms. The minimum Gasteiger partial charge on any atom is -0.756 e. The molecule has 0 aromatic rings. The fourth-order valence-electron chi connectivity index (χ4n) is 9.96. The molecule has 2 aliphatic rings. The van der Waals surface area contributed by atoms with Crippen LogP contribution in [0.2, 0.25) is 0 Å². The van der Waals surface area contributed by atoms with Gasteiger partial charge in [-0.15, -0.1) is 0 Å². The normalized spacial score (nSPS) is 24.4. The van der Waals surface area contributed by atoms with E-state index < -0.39 is 133 Å². The Balaban J connectivity index is 0.00000448. The highest BCUT2D eigenvalue weighted by Gasteiger charge is 2.46. The smallest absolute Gasteiger partial charge is 0.306 e. The predicted octanol–water partition coefficient (Wildman–Crippen LogP) is 6.40. The van der Waals surface area contributed by atoms with Crippen LogP contribution in [0.5, 0.6) is 0 Å². The van der Waals surface area contributed by atoms with E-state index in [4.69, 9.17) is 37.5 Å². The van der Waals surface area contributed by atoms with Gasteiger partial charge in [0, 0.05) is 12.8 Å². The number of ether oxygens (including phenoxy) is 6. The second kappa shape index (κ2) is 50.5. The molecular weight excluding hydrogens is 1090 g/mol. The van der Waals surface area contributed by atoms with Gasteiger partial charge in [-0.05, 0) is 33.6 Å². The topological polar surface area (TPSA) is 314 Å². The van der Waals surface area contributed by atoms with Crippen LogP contribution in [0.25, 0.3) is 0 Å². The molecule has 488 valence electrons. The number of esters is 2. The summed E-state index contributed by atoms with van der Waals surface area (Å²) in [4.78, 5) is 41.0. The Hall–Kier alpha value is -1.47. The lowest BCUT2D eigenvalue weighted by Crippen LogP contribution is -3.11. The molecule has 0 bridgehead atoms. The maximum atomic E-state index is 13.4. The Morgan fingerprint density at radius 2 is 0.780 bits per heavy atom. The summed E-state index contributed by atoms with van der Waals surface area (Å²) in [5, 5.41) is 81.1.